The molecule has 1 fully saturated rings. The number of sulfonamides is 1. The maximum atomic E-state index is 12.9. The molecular weight excluding hydrogens is 497 g/mol. The van der Waals surface area contributed by atoms with Gasteiger partial charge in [0.25, 0.3) is 5.91 Å². The lowest BCUT2D eigenvalue weighted by Gasteiger charge is -2.31. The van der Waals surface area contributed by atoms with Crippen molar-refractivity contribution in [1.82, 2.24) is 19.6 Å². The number of carbonyl (C=O) groups excluding carboxylic acids is 1. The summed E-state index contributed by atoms with van der Waals surface area (Å²) in [4.78, 5) is 19.2. The molecule has 4 rings (SSSR count). The van der Waals surface area contributed by atoms with Gasteiger partial charge in [-0.25, -0.2) is 8.42 Å². The summed E-state index contributed by atoms with van der Waals surface area (Å²) in [5.41, 5.74) is 1.34. The Hall–Kier alpha value is -3.12. The van der Waals surface area contributed by atoms with E-state index < -0.39 is 22.1 Å². The Morgan fingerprint density at radius 2 is 1.94 bits per heavy atom. The zero-order valence-corrected chi connectivity index (χ0v) is 20.2. The molecule has 0 atom stereocenters. The Balaban J connectivity index is 1.19. The number of piperidine rings is 1. The zero-order chi connectivity index (χ0) is 25.8. The van der Waals surface area contributed by atoms with Crippen LogP contribution in [0.1, 0.15) is 42.6 Å². The lowest BCUT2D eigenvalue weighted by molar-refractivity contribution is -0.274. The van der Waals surface area contributed by atoms with Crippen LogP contribution in [0.2, 0.25) is 0 Å². The fourth-order valence-electron chi connectivity index (χ4n) is 4.37. The maximum Gasteiger partial charge on any atom is 0.573 e. The van der Waals surface area contributed by atoms with Crippen LogP contribution in [0.15, 0.2) is 53.7 Å². The van der Waals surface area contributed by atoms with Gasteiger partial charge in [0.1, 0.15) is 11.4 Å². The Bertz CT molecular complexity index is 1270. The third kappa shape index (κ3) is 6.55. The number of hydrogen-bond donors (Lipinski definition) is 2. The van der Waals surface area contributed by atoms with Crippen molar-refractivity contribution in [1.29, 1.82) is 0 Å². The van der Waals surface area contributed by atoms with Gasteiger partial charge in [0, 0.05) is 49.0 Å². The van der Waals surface area contributed by atoms with E-state index in [4.69, 9.17) is 0 Å². The molecule has 0 spiro atoms. The normalized spacial score (nSPS) is 15.8. The van der Waals surface area contributed by atoms with E-state index in [1.165, 1.54) is 16.4 Å². The van der Waals surface area contributed by atoms with E-state index in [-0.39, 0.29) is 10.8 Å². The molecule has 2 aromatic heterocycles. The molecule has 1 saturated heterocycles. The number of carbonyl (C=O) groups is 1. The number of alkyl halides is 3. The third-order valence-corrected chi connectivity index (χ3v) is 8.14. The first kappa shape index (κ1) is 26.0. The van der Waals surface area contributed by atoms with Gasteiger partial charge >= 0.3 is 6.36 Å². The van der Waals surface area contributed by atoms with Gasteiger partial charge in [0.15, 0.2) is 0 Å². The standard InChI is InChI=1S/C24H27F3N4O4S/c25-24(26,27)35-19-5-3-6-20(15-19)36(33,34)31-12-8-17(9-13-31)4-1-2-10-29-23(32)22-14-18-16-28-11-7-21(18)30-22/h3,5-7,11,14-17,30H,1-2,4,8-10,12-13H2,(H,29,32). The molecule has 12 heteroatoms. The summed E-state index contributed by atoms with van der Waals surface area (Å²) >= 11 is 0. The average Bonchev–Trinajstić information content (AvgIpc) is 3.28. The number of nitrogens with zero attached hydrogens (tertiary/aromatic N) is 2. The predicted molar refractivity (Wildman–Crippen MR) is 127 cm³/mol. The number of fused-ring (bicyclic) bond motifs is 1. The molecule has 2 N–H and O–H groups in total. The average molecular weight is 525 g/mol. The quantitative estimate of drug-likeness (QED) is 0.402. The van der Waals surface area contributed by atoms with Gasteiger partial charge in [-0.05, 0) is 49.4 Å². The van der Waals surface area contributed by atoms with Crippen LogP contribution in [0.5, 0.6) is 5.75 Å². The van der Waals surface area contributed by atoms with E-state index in [1.54, 1.807) is 18.5 Å². The fourth-order valence-corrected chi connectivity index (χ4v) is 5.87. The van der Waals surface area contributed by atoms with Crippen LogP contribution in [-0.2, 0) is 10.0 Å². The second-order valence-corrected chi connectivity index (χ2v) is 10.7. The monoisotopic (exact) mass is 524 g/mol. The van der Waals surface area contributed by atoms with E-state index in [1.807, 2.05) is 6.07 Å². The topological polar surface area (TPSA) is 104 Å². The van der Waals surface area contributed by atoms with Gasteiger partial charge in [0.05, 0.1) is 4.90 Å². The van der Waals surface area contributed by atoms with Crippen LogP contribution in [0.4, 0.5) is 13.2 Å². The summed E-state index contributed by atoms with van der Waals surface area (Å²) in [6.45, 7) is 1.16. The highest BCUT2D eigenvalue weighted by atomic mass is 32.2. The van der Waals surface area contributed by atoms with Gasteiger partial charge in [-0.1, -0.05) is 18.9 Å². The highest BCUT2D eigenvalue weighted by Gasteiger charge is 2.33. The van der Waals surface area contributed by atoms with E-state index >= 15 is 0 Å². The van der Waals surface area contributed by atoms with E-state index in [0.29, 0.717) is 44.1 Å². The molecule has 194 valence electrons. The summed E-state index contributed by atoms with van der Waals surface area (Å²) in [5.74, 6) is -0.380. The summed E-state index contributed by atoms with van der Waals surface area (Å²) < 4.78 is 68.3. The first-order chi connectivity index (χ1) is 17.1. The molecular formula is C24H27F3N4O4S. The molecule has 3 heterocycles. The maximum absolute atomic E-state index is 12.9. The molecule has 36 heavy (non-hydrogen) atoms. The summed E-state index contributed by atoms with van der Waals surface area (Å²) in [6.07, 6.45) is 2.42. The first-order valence-corrected chi connectivity index (χ1v) is 13.1. The van der Waals surface area contributed by atoms with Crippen molar-refractivity contribution in [2.24, 2.45) is 5.92 Å². The molecule has 0 radical (unpaired) electrons. The van der Waals surface area contributed by atoms with Crippen molar-refractivity contribution in [3.8, 4) is 5.75 Å². The number of halogens is 3. The zero-order valence-electron chi connectivity index (χ0n) is 19.4. The minimum atomic E-state index is -4.89. The molecule has 8 nitrogen and oxygen atoms in total. The number of ether oxygens (including phenoxy) is 1. The van der Waals surface area contributed by atoms with Crippen molar-refractivity contribution in [3.05, 3.63) is 54.5 Å². The Morgan fingerprint density at radius 1 is 1.17 bits per heavy atom. The number of pyridine rings is 1. The number of aromatic nitrogens is 2. The molecule has 1 amide bonds. The minimum absolute atomic E-state index is 0.172. The van der Waals surface area contributed by atoms with Crippen LogP contribution in [-0.4, -0.2) is 54.6 Å². The van der Waals surface area contributed by atoms with Crippen molar-refractivity contribution in [2.45, 2.75) is 43.4 Å². The lowest BCUT2D eigenvalue weighted by atomic mass is 9.92. The second-order valence-electron chi connectivity index (χ2n) is 8.77. The van der Waals surface area contributed by atoms with Gasteiger partial charge in [-0.15, -0.1) is 13.2 Å². The number of unbranched alkanes of at least 4 members (excludes halogenated alkanes) is 1. The number of aromatic amines is 1. The number of hydrogen-bond acceptors (Lipinski definition) is 5. The molecule has 0 saturated carbocycles. The highest BCUT2D eigenvalue weighted by Crippen LogP contribution is 2.29. The molecule has 0 aliphatic carbocycles. The third-order valence-electron chi connectivity index (χ3n) is 6.24. The summed E-state index contributed by atoms with van der Waals surface area (Å²) in [5, 5.41) is 3.78. The van der Waals surface area contributed by atoms with E-state index in [0.717, 1.165) is 42.3 Å². The number of amides is 1. The SMILES string of the molecule is O=C(NCCCCC1CCN(S(=O)(=O)c2cccc(OC(F)(F)F)c2)CC1)c1cc2cnccc2[nH]1. The van der Waals surface area contributed by atoms with E-state index in [9.17, 15) is 26.4 Å². The van der Waals surface area contributed by atoms with Crippen LogP contribution in [0, 0.1) is 5.92 Å². The number of rotatable bonds is 9. The van der Waals surface area contributed by atoms with Crippen molar-refractivity contribution in [3.63, 3.8) is 0 Å². The predicted octanol–water partition coefficient (Wildman–Crippen LogP) is 4.46. The van der Waals surface area contributed by atoms with Crippen LogP contribution in [0.3, 0.4) is 0 Å². The molecule has 1 aliphatic rings. The molecule has 3 aromatic rings. The number of H-pyrrole nitrogens is 1. The van der Waals surface area contributed by atoms with E-state index in [2.05, 4.69) is 20.0 Å². The molecule has 1 aromatic carbocycles. The van der Waals surface area contributed by atoms with Crippen molar-refractivity contribution in [2.75, 3.05) is 19.6 Å². The first-order valence-electron chi connectivity index (χ1n) is 11.7. The van der Waals surface area contributed by atoms with Gasteiger partial charge in [0.2, 0.25) is 10.0 Å². The van der Waals surface area contributed by atoms with Gasteiger partial charge in [-0.2, -0.15) is 4.31 Å². The molecule has 1 aliphatic heterocycles. The lowest BCUT2D eigenvalue weighted by Crippen LogP contribution is -2.38. The van der Waals surface area contributed by atoms with Crippen molar-refractivity contribution >= 4 is 26.8 Å². The van der Waals surface area contributed by atoms with Crippen molar-refractivity contribution < 1.29 is 31.1 Å². The van der Waals surface area contributed by atoms with Crippen LogP contribution < -0.4 is 10.1 Å². The molecule has 0 unspecified atom stereocenters. The minimum Gasteiger partial charge on any atom is -0.406 e. The van der Waals surface area contributed by atoms with Crippen LogP contribution >= 0.6 is 0 Å². The largest absolute Gasteiger partial charge is 0.573 e. The Labute approximate surface area is 206 Å². The Morgan fingerprint density at radius 3 is 2.67 bits per heavy atom. The number of nitrogens with one attached hydrogen (secondary N) is 2. The van der Waals surface area contributed by atoms with Gasteiger partial charge < -0.3 is 15.0 Å². The smallest absolute Gasteiger partial charge is 0.406 e. The number of benzene rings is 1. The highest BCUT2D eigenvalue weighted by molar-refractivity contribution is 7.89. The van der Waals surface area contributed by atoms with Gasteiger partial charge in [-0.3, -0.25) is 9.78 Å². The summed E-state index contributed by atoms with van der Waals surface area (Å²) in [6, 6.07) is 8.04. The second kappa shape index (κ2) is 10.9. The van der Waals surface area contributed by atoms with Crippen LogP contribution in [0.25, 0.3) is 10.9 Å². The molecule has 0 bridgehead atoms. The summed E-state index contributed by atoms with van der Waals surface area (Å²) in [7, 11) is -3.91. The fraction of sp³-hybridized carbons (Fsp3) is 0.417. The Kier molecular flexibility index (Phi) is 7.84.